The van der Waals surface area contributed by atoms with Crippen LogP contribution in [-0.2, 0) is 0 Å². The zero-order valence-electron chi connectivity index (χ0n) is 9.20. The smallest absolute Gasteiger partial charge is 0.288 e. The first kappa shape index (κ1) is 11.9. The molecule has 0 aromatic heterocycles. The van der Waals surface area contributed by atoms with Crippen LogP contribution in [0, 0.1) is 10.1 Å². The Bertz CT molecular complexity index is 497. The fourth-order valence-electron chi connectivity index (χ4n) is 1.45. The van der Waals surface area contributed by atoms with E-state index in [1.807, 2.05) is 6.92 Å². The number of halogens is 1. The molecule has 1 N–H and O–H groups in total. The minimum Gasteiger partial charge on any atom is -0.347 e. The molecule has 1 aromatic carbocycles. The van der Waals surface area contributed by atoms with Gasteiger partial charge in [0.2, 0.25) is 0 Å². The fourth-order valence-corrected chi connectivity index (χ4v) is 1.64. The summed E-state index contributed by atoms with van der Waals surface area (Å²) >= 11 is 5.67. The van der Waals surface area contributed by atoms with Crippen molar-refractivity contribution in [2.24, 2.45) is 0 Å². The number of benzene rings is 1. The number of nitrogens with zero attached hydrogens (tertiary/aromatic N) is 1. The highest BCUT2D eigenvalue weighted by Gasteiger charge is 2.38. The molecule has 90 valence electrons. The lowest BCUT2D eigenvalue weighted by Crippen LogP contribution is -2.34. The van der Waals surface area contributed by atoms with Crippen LogP contribution in [0.4, 0.5) is 5.69 Å². The SMILES string of the molecule is CC1(NC(=O)c2ccc(Cl)c([N+](=O)[O-])c2)CC1. The molecule has 0 spiro atoms. The molecule has 17 heavy (non-hydrogen) atoms. The topological polar surface area (TPSA) is 72.2 Å². The number of hydrogen-bond donors (Lipinski definition) is 1. The second kappa shape index (κ2) is 4.00. The highest BCUT2D eigenvalue weighted by Crippen LogP contribution is 2.34. The lowest BCUT2D eigenvalue weighted by molar-refractivity contribution is -0.384. The number of nitrogens with one attached hydrogen (secondary N) is 1. The molecule has 0 atom stereocenters. The van der Waals surface area contributed by atoms with E-state index in [4.69, 9.17) is 11.6 Å². The van der Waals surface area contributed by atoms with E-state index in [0.29, 0.717) is 0 Å². The van der Waals surface area contributed by atoms with E-state index in [1.54, 1.807) is 0 Å². The van der Waals surface area contributed by atoms with E-state index in [1.165, 1.54) is 18.2 Å². The van der Waals surface area contributed by atoms with Gasteiger partial charge in [-0.15, -0.1) is 0 Å². The number of amides is 1. The van der Waals surface area contributed by atoms with Gasteiger partial charge >= 0.3 is 0 Å². The monoisotopic (exact) mass is 254 g/mol. The molecule has 0 heterocycles. The maximum Gasteiger partial charge on any atom is 0.288 e. The summed E-state index contributed by atoms with van der Waals surface area (Å²) in [7, 11) is 0. The highest BCUT2D eigenvalue weighted by molar-refractivity contribution is 6.32. The molecule has 1 aromatic rings. The van der Waals surface area contributed by atoms with E-state index in [9.17, 15) is 14.9 Å². The summed E-state index contributed by atoms with van der Waals surface area (Å²) in [6.45, 7) is 1.94. The third-order valence-electron chi connectivity index (χ3n) is 2.82. The zero-order valence-corrected chi connectivity index (χ0v) is 9.95. The number of nitro groups is 1. The molecule has 1 saturated carbocycles. The van der Waals surface area contributed by atoms with Crippen LogP contribution in [0.1, 0.15) is 30.1 Å². The summed E-state index contributed by atoms with van der Waals surface area (Å²) in [5.41, 5.74) is -0.139. The summed E-state index contributed by atoms with van der Waals surface area (Å²) < 4.78 is 0. The molecule has 0 radical (unpaired) electrons. The molecule has 0 bridgehead atoms. The van der Waals surface area contributed by atoms with Gasteiger partial charge in [-0.1, -0.05) is 11.6 Å². The second-order valence-corrected chi connectivity index (χ2v) is 4.85. The van der Waals surface area contributed by atoms with E-state index >= 15 is 0 Å². The predicted molar refractivity (Wildman–Crippen MR) is 63.2 cm³/mol. The summed E-state index contributed by atoms with van der Waals surface area (Å²) in [5, 5.41) is 13.5. The Balaban J connectivity index is 2.23. The fraction of sp³-hybridized carbons (Fsp3) is 0.364. The van der Waals surface area contributed by atoms with Crippen LogP contribution in [0.15, 0.2) is 18.2 Å². The van der Waals surface area contributed by atoms with Crippen molar-refractivity contribution in [3.05, 3.63) is 38.9 Å². The van der Waals surface area contributed by atoms with E-state index in [2.05, 4.69) is 5.32 Å². The lowest BCUT2D eigenvalue weighted by atomic mass is 10.1. The van der Waals surface area contributed by atoms with Gasteiger partial charge in [0.1, 0.15) is 5.02 Å². The number of nitro benzene ring substituents is 1. The van der Waals surface area contributed by atoms with Crippen molar-refractivity contribution in [1.29, 1.82) is 0 Å². The van der Waals surface area contributed by atoms with Crippen LogP contribution in [0.25, 0.3) is 0 Å². The number of rotatable bonds is 3. The van der Waals surface area contributed by atoms with Crippen molar-refractivity contribution >= 4 is 23.2 Å². The van der Waals surface area contributed by atoms with Gasteiger partial charge in [0.15, 0.2) is 0 Å². The molecule has 1 aliphatic rings. The molecule has 1 amide bonds. The minimum absolute atomic E-state index is 0.0317. The normalized spacial score (nSPS) is 16.4. The van der Waals surface area contributed by atoms with Crippen LogP contribution >= 0.6 is 11.6 Å². The summed E-state index contributed by atoms with van der Waals surface area (Å²) in [5.74, 6) is -0.301. The van der Waals surface area contributed by atoms with Crippen molar-refractivity contribution < 1.29 is 9.72 Å². The van der Waals surface area contributed by atoms with Gasteiger partial charge in [0.05, 0.1) is 4.92 Å². The molecule has 5 nitrogen and oxygen atoms in total. The first-order valence-electron chi connectivity index (χ1n) is 5.18. The van der Waals surface area contributed by atoms with Crippen molar-refractivity contribution in [3.8, 4) is 0 Å². The van der Waals surface area contributed by atoms with Gasteiger partial charge in [-0.05, 0) is 31.9 Å². The van der Waals surface area contributed by atoms with Crippen LogP contribution in [0.5, 0.6) is 0 Å². The van der Waals surface area contributed by atoms with Gasteiger partial charge in [-0.3, -0.25) is 14.9 Å². The van der Waals surface area contributed by atoms with Crippen LogP contribution in [-0.4, -0.2) is 16.4 Å². The summed E-state index contributed by atoms with van der Waals surface area (Å²) in [4.78, 5) is 21.9. The Morgan fingerprint density at radius 2 is 2.18 bits per heavy atom. The minimum atomic E-state index is -0.599. The average molecular weight is 255 g/mol. The summed E-state index contributed by atoms with van der Waals surface area (Å²) in [6.07, 6.45) is 1.88. The third-order valence-corrected chi connectivity index (χ3v) is 3.14. The molecule has 0 aliphatic heterocycles. The second-order valence-electron chi connectivity index (χ2n) is 4.44. The Labute approximate surface area is 103 Å². The quantitative estimate of drug-likeness (QED) is 0.665. The predicted octanol–water partition coefficient (Wildman–Crippen LogP) is 2.53. The van der Waals surface area contributed by atoms with Crippen LogP contribution in [0.3, 0.4) is 0 Å². The number of carbonyl (C=O) groups excluding carboxylic acids is 1. The van der Waals surface area contributed by atoms with E-state index in [0.717, 1.165) is 12.8 Å². The molecular formula is C11H11ClN2O3. The Kier molecular flexibility index (Phi) is 2.79. The lowest BCUT2D eigenvalue weighted by Gasteiger charge is -2.11. The highest BCUT2D eigenvalue weighted by atomic mass is 35.5. The average Bonchev–Trinajstić information content (AvgIpc) is 2.96. The van der Waals surface area contributed by atoms with Gasteiger partial charge in [-0.2, -0.15) is 0 Å². The van der Waals surface area contributed by atoms with Gasteiger partial charge < -0.3 is 5.32 Å². The van der Waals surface area contributed by atoms with E-state index < -0.39 is 4.92 Å². The molecule has 0 saturated heterocycles. The van der Waals surface area contributed by atoms with Crippen LogP contribution in [0.2, 0.25) is 5.02 Å². The zero-order chi connectivity index (χ0) is 12.6. The summed E-state index contributed by atoms with van der Waals surface area (Å²) in [6, 6.07) is 4.05. The van der Waals surface area contributed by atoms with Gasteiger partial charge in [0.25, 0.3) is 11.6 Å². The first-order valence-corrected chi connectivity index (χ1v) is 5.55. The third kappa shape index (κ3) is 2.55. The first-order chi connectivity index (χ1) is 7.91. The van der Waals surface area contributed by atoms with Crippen LogP contribution < -0.4 is 5.32 Å². The molecule has 2 rings (SSSR count). The van der Waals surface area contributed by atoms with Crippen molar-refractivity contribution in [2.75, 3.05) is 0 Å². The molecule has 1 fully saturated rings. The standard InChI is InChI=1S/C11H11ClN2O3/c1-11(4-5-11)13-10(15)7-2-3-8(12)9(6-7)14(16)17/h2-3,6H,4-5H2,1H3,(H,13,15). The van der Waals surface area contributed by atoms with E-state index in [-0.39, 0.29) is 27.7 Å². The van der Waals surface area contributed by atoms with Crippen molar-refractivity contribution in [1.82, 2.24) is 5.32 Å². The Hall–Kier alpha value is -1.62. The van der Waals surface area contributed by atoms with Crippen molar-refractivity contribution in [3.63, 3.8) is 0 Å². The van der Waals surface area contributed by atoms with Gasteiger partial charge in [0, 0.05) is 17.2 Å². The van der Waals surface area contributed by atoms with Crippen molar-refractivity contribution in [2.45, 2.75) is 25.3 Å². The maximum atomic E-state index is 11.8. The largest absolute Gasteiger partial charge is 0.347 e. The molecular weight excluding hydrogens is 244 g/mol. The molecule has 1 aliphatic carbocycles. The molecule has 0 unspecified atom stereocenters. The van der Waals surface area contributed by atoms with Gasteiger partial charge in [-0.25, -0.2) is 0 Å². The Morgan fingerprint density at radius 1 is 1.53 bits per heavy atom. The molecule has 6 heteroatoms. The number of carbonyl (C=O) groups is 1. The Morgan fingerprint density at radius 3 is 2.71 bits per heavy atom. The maximum absolute atomic E-state index is 11.8. The number of hydrogen-bond acceptors (Lipinski definition) is 3.